The second-order valence-electron chi connectivity index (χ2n) is 5.11. The molecule has 0 aromatic heterocycles. The summed E-state index contributed by atoms with van der Waals surface area (Å²) in [4.78, 5) is 2.29. The Bertz CT molecular complexity index is 373. The highest BCUT2D eigenvalue weighted by molar-refractivity contribution is 7.89. The molecule has 0 radical (unpaired) electrons. The lowest BCUT2D eigenvalue weighted by molar-refractivity contribution is -0.0647. The minimum atomic E-state index is -3.07. The summed E-state index contributed by atoms with van der Waals surface area (Å²) in [5.74, 6) is 0.233. The number of sulfonamides is 1. The lowest BCUT2D eigenvalue weighted by Gasteiger charge is -2.55. The van der Waals surface area contributed by atoms with E-state index in [9.17, 15) is 8.42 Å². The number of hydrogen-bond acceptors (Lipinski definition) is 5. The van der Waals surface area contributed by atoms with Crippen LogP contribution in [0.25, 0.3) is 0 Å². The normalized spacial score (nSPS) is 25.9. The molecule has 2 fully saturated rings. The SMILES string of the molecule is CCCS(=O)(=O)N1CC(CN)(N2CCOCC2)C1. The predicted molar refractivity (Wildman–Crippen MR) is 69.8 cm³/mol. The molecule has 2 heterocycles. The third kappa shape index (κ3) is 2.55. The molecule has 0 spiro atoms. The average Bonchev–Trinajstić information content (AvgIpc) is 2.29. The van der Waals surface area contributed by atoms with Gasteiger partial charge in [0.25, 0.3) is 0 Å². The number of rotatable bonds is 5. The molecule has 2 rings (SSSR count). The molecule has 0 aromatic carbocycles. The number of nitrogens with zero attached hydrogens (tertiary/aromatic N) is 2. The van der Waals surface area contributed by atoms with Crippen LogP contribution in [0.15, 0.2) is 0 Å². The Kier molecular flexibility index (Phi) is 4.28. The Labute approximate surface area is 109 Å². The van der Waals surface area contributed by atoms with E-state index in [4.69, 9.17) is 10.5 Å². The van der Waals surface area contributed by atoms with Gasteiger partial charge in [-0.15, -0.1) is 0 Å². The van der Waals surface area contributed by atoms with Gasteiger partial charge in [-0.25, -0.2) is 8.42 Å². The van der Waals surface area contributed by atoms with Crippen molar-refractivity contribution >= 4 is 10.0 Å². The zero-order chi connectivity index (χ0) is 13.2. The molecule has 2 aliphatic rings. The molecular formula is C11H23N3O3S. The molecule has 0 amide bonds. The summed E-state index contributed by atoms with van der Waals surface area (Å²) in [7, 11) is -3.07. The molecule has 2 saturated heterocycles. The molecule has 0 unspecified atom stereocenters. The first-order chi connectivity index (χ1) is 8.54. The Balaban J connectivity index is 1.98. The van der Waals surface area contributed by atoms with Crippen LogP contribution in [0.3, 0.4) is 0 Å². The highest BCUT2D eigenvalue weighted by Crippen LogP contribution is 2.30. The second-order valence-corrected chi connectivity index (χ2v) is 7.20. The third-order valence-electron chi connectivity index (χ3n) is 3.86. The highest BCUT2D eigenvalue weighted by Gasteiger charge is 2.50. The van der Waals surface area contributed by atoms with Crippen molar-refractivity contribution in [2.45, 2.75) is 18.9 Å². The quantitative estimate of drug-likeness (QED) is 0.703. The van der Waals surface area contributed by atoms with Crippen LogP contribution in [0.4, 0.5) is 0 Å². The molecule has 106 valence electrons. The summed E-state index contributed by atoms with van der Waals surface area (Å²) < 4.78 is 30.8. The number of hydrogen-bond donors (Lipinski definition) is 1. The van der Waals surface area contributed by atoms with Crippen molar-refractivity contribution in [1.29, 1.82) is 0 Å². The van der Waals surface area contributed by atoms with Gasteiger partial charge in [-0.1, -0.05) is 6.92 Å². The van der Waals surface area contributed by atoms with Gasteiger partial charge in [0.15, 0.2) is 0 Å². The molecule has 2 aliphatic heterocycles. The monoisotopic (exact) mass is 277 g/mol. The van der Waals surface area contributed by atoms with Crippen LogP contribution < -0.4 is 5.73 Å². The van der Waals surface area contributed by atoms with Gasteiger partial charge in [-0.3, -0.25) is 4.90 Å². The van der Waals surface area contributed by atoms with Gasteiger partial charge < -0.3 is 10.5 Å². The standard InChI is InChI=1S/C11H23N3O3S/c1-2-7-18(15,16)14-9-11(8-12,10-14)13-3-5-17-6-4-13/h2-10,12H2,1H3. The van der Waals surface area contributed by atoms with Gasteiger partial charge in [0.05, 0.1) is 24.5 Å². The molecule has 2 N–H and O–H groups in total. The summed E-state index contributed by atoms with van der Waals surface area (Å²) in [5, 5.41) is 0. The molecule has 0 saturated carbocycles. The van der Waals surface area contributed by atoms with E-state index in [0.717, 1.165) is 13.1 Å². The topological polar surface area (TPSA) is 75.9 Å². The largest absolute Gasteiger partial charge is 0.379 e. The maximum atomic E-state index is 11.9. The van der Waals surface area contributed by atoms with Gasteiger partial charge in [0.2, 0.25) is 10.0 Å². The van der Waals surface area contributed by atoms with Crippen LogP contribution in [-0.4, -0.2) is 74.9 Å². The van der Waals surface area contributed by atoms with Crippen LogP contribution in [0.5, 0.6) is 0 Å². The van der Waals surface area contributed by atoms with Gasteiger partial charge >= 0.3 is 0 Å². The van der Waals surface area contributed by atoms with Crippen molar-refractivity contribution < 1.29 is 13.2 Å². The molecule has 0 bridgehead atoms. The summed E-state index contributed by atoms with van der Waals surface area (Å²) in [6, 6.07) is 0. The van der Waals surface area contributed by atoms with Crippen molar-refractivity contribution in [2.75, 3.05) is 51.7 Å². The van der Waals surface area contributed by atoms with E-state index in [1.807, 2.05) is 6.92 Å². The van der Waals surface area contributed by atoms with E-state index in [1.54, 1.807) is 4.31 Å². The van der Waals surface area contributed by atoms with E-state index < -0.39 is 10.0 Å². The van der Waals surface area contributed by atoms with Gasteiger partial charge in [0, 0.05) is 32.7 Å². The lowest BCUT2D eigenvalue weighted by Crippen LogP contribution is -2.75. The Morgan fingerprint density at radius 2 is 1.89 bits per heavy atom. The van der Waals surface area contributed by atoms with Gasteiger partial charge in [-0.2, -0.15) is 4.31 Å². The molecule has 18 heavy (non-hydrogen) atoms. The molecule has 0 aromatic rings. The predicted octanol–water partition coefficient (Wildman–Crippen LogP) is -0.928. The van der Waals surface area contributed by atoms with Crippen molar-refractivity contribution in [2.24, 2.45) is 5.73 Å². The fourth-order valence-electron chi connectivity index (χ4n) is 2.69. The van der Waals surface area contributed by atoms with Crippen LogP contribution in [0.1, 0.15) is 13.3 Å². The molecule has 0 aliphatic carbocycles. The molecule has 6 nitrogen and oxygen atoms in total. The van der Waals surface area contributed by atoms with Crippen LogP contribution in [-0.2, 0) is 14.8 Å². The zero-order valence-corrected chi connectivity index (χ0v) is 11.8. The summed E-state index contributed by atoms with van der Waals surface area (Å²) >= 11 is 0. The van der Waals surface area contributed by atoms with Crippen LogP contribution >= 0.6 is 0 Å². The van der Waals surface area contributed by atoms with Gasteiger partial charge in [-0.05, 0) is 6.42 Å². The van der Waals surface area contributed by atoms with Gasteiger partial charge in [0.1, 0.15) is 0 Å². The van der Waals surface area contributed by atoms with Crippen LogP contribution in [0, 0.1) is 0 Å². The summed E-state index contributed by atoms with van der Waals surface area (Å²) in [5.41, 5.74) is 5.71. The smallest absolute Gasteiger partial charge is 0.214 e. The van der Waals surface area contributed by atoms with E-state index in [0.29, 0.717) is 39.3 Å². The minimum Gasteiger partial charge on any atom is -0.379 e. The van der Waals surface area contributed by atoms with Crippen LogP contribution in [0.2, 0.25) is 0 Å². The number of morpholine rings is 1. The molecule has 7 heteroatoms. The van der Waals surface area contributed by atoms with Crippen molar-refractivity contribution in [3.05, 3.63) is 0 Å². The second kappa shape index (κ2) is 5.42. The molecular weight excluding hydrogens is 254 g/mol. The fourth-order valence-corrected chi connectivity index (χ4v) is 4.34. The Morgan fingerprint density at radius 1 is 1.28 bits per heavy atom. The first kappa shape index (κ1) is 14.2. The Hall–Kier alpha value is -0.210. The maximum absolute atomic E-state index is 11.9. The first-order valence-corrected chi connectivity index (χ1v) is 8.16. The van der Waals surface area contributed by atoms with E-state index in [2.05, 4.69) is 4.90 Å². The van der Waals surface area contributed by atoms with Crippen molar-refractivity contribution in [3.8, 4) is 0 Å². The number of nitrogens with two attached hydrogens (primary N) is 1. The van der Waals surface area contributed by atoms with E-state index in [1.165, 1.54) is 0 Å². The summed E-state index contributed by atoms with van der Waals surface area (Å²) in [6.45, 7) is 6.57. The average molecular weight is 277 g/mol. The van der Waals surface area contributed by atoms with Crippen molar-refractivity contribution in [1.82, 2.24) is 9.21 Å². The third-order valence-corrected chi connectivity index (χ3v) is 5.83. The van der Waals surface area contributed by atoms with Crippen molar-refractivity contribution in [3.63, 3.8) is 0 Å². The van der Waals surface area contributed by atoms with E-state index in [-0.39, 0.29) is 11.3 Å². The molecule has 0 atom stereocenters. The zero-order valence-electron chi connectivity index (χ0n) is 11.0. The fraction of sp³-hybridized carbons (Fsp3) is 1.00. The number of ether oxygens (including phenoxy) is 1. The first-order valence-electron chi connectivity index (χ1n) is 6.55. The van der Waals surface area contributed by atoms with E-state index >= 15 is 0 Å². The Morgan fingerprint density at radius 3 is 2.39 bits per heavy atom. The summed E-state index contributed by atoms with van der Waals surface area (Å²) in [6.07, 6.45) is 0.659. The highest BCUT2D eigenvalue weighted by atomic mass is 32.2. The maximum Gasteiger partial charge on any atom is 0.214 e. The lowest BCUT2D eigenvalue weighted by atomic mass is 9.90. The minimum absolute atomic E-state index is 0.162.